The van der Waals surface area contributed by atoms with E-state index in [1.165, 1.54) is 0 Å². The maximum Gasteiger partial charge on any atom is 0.153 e. The first-order valence-corrected chi connectivity index (χ1v) is 8.16. The van der Waals surface area contributed by atoms with Gasteiger partial charge in [0, 0.05) is 18.5 Å². The van der Waals surface area contributed by atoms with Crippen molar-refractivity contribution in [3.05, 3.63) is 35.9 Å². The number of fused-ring (bicyclic) bond motifs is 1. The van der Waals surface area contributed by atoms with Crippen LogP contribution < -0.4 is 4.90 Å². The second-order valence-electron chi connectivity index (χ2n) is 4.80. The molecule has 2 aromatic rings. The van der Waals surface area contributed by atoms with Crippen LogP contribution in [0.2, 0.25) is 0 Å². The largest absolute Gasteiger partial charge is 0.353 e. The molecule has 0 amide bonds. The second kappa shape index (κ2) is 4.76. The molecule has 6 heteroatoms. The fourth-order valence-corrected chi connectivity index (χ4v) is 3.55. The highest BCUT2D eigenvalue weighted by atomic mass is 32.2. The van der Waals surface area contributed by atoms with Crippen LogP contribution in [0.25, 0.3) is 10.9 Å². The molecule has 0 bridgehead atoms. The van der Waals surface area contributed by atoms with E-state index in [0.717, 1.165) is 10.9 Å². The van der Waals surface area contributed by atoms with Crippen LogP contribution in [0.1, 0.15) is 5.56 Å². The highest BCUT2D eigenvalue weighted by molar-refractivity contribution is 7.91. The van der Waals surface area contributed by atoms with Gasteiger partial charge in [-0.05, 0) is 12.1 Å². The quantitative estimate of drug-likeness (QED) is 0.791. The Labute approximate surface area is 117 Å². The van der Waals surface area contributed by atoms with Crippen LogP contribution in [-0.2, 0) is 9.84 Å². The van der Waals surface area contributed by atoms with Crippen molar-refractivity contribution in [1.29, 1.82) is 5.26 Å². The van der Waals surface area contributed by atoms with Crippen LogP contribution in [0.5, 0.6) is 0 Å². The van der Waals surface area contributed by atoms with Gasteiger partial charge in [0.15, 0.2) is 9.84 Å². The summed E-state index contributed by atoms with van der Waals surface area (Å²) in [6.07, 6.45) is 0. The third kappa shape index (κ3) is 2.32. The summed E-state index contributed by atoms with van der Waals surface area (Å²) in [5.41, 5.74) is 1.30. The molecule has 0 spiro atoms. The van der Waals surface area contributed by atoms with Crippen LogP contribution in [-0.4, -0.2) is 38.0 Å². The predicted octanol–water partition coefficient (Wildman–Crippen LogP) is 1.34. The normalized spacial score (nSPS) is 17.9. The number of hydrogen-bond donors (Lipinski definition) is 0. The lowest BCUT2D eigenvalue weighted by atomic mass is 10.1. The molecule has 1 fully saturated rings. The van der Waals surface area contributed by atoms with Gasteiger partial charge in [-0.15, -0.1) is 0 Å². The van der Waals surface area contributed by atoms with E-state index in [9.17, 15) is 13.7 Å². The predicted molar refractivity (Wildman–Crippen MR) is 77.3 cm³/mol. The Hall–Kier alpha value is -2.13. The average molecular weight is 287 g/mol. The molecule has 1 aliphatic heterocycles. The van der Waals surface area contributed by atoms with Crippen molar-refractivity contribution in [1.82, 2.24) is 4.98 Å². The number of para-hydroxylation sites is 1. The maximum absolute atomic E-state index is 11.5. The fourth-order valence-electron chi connectivity index (χ4n) is 2.35. The highest BCUT2D eigenvalue weighted by Crippen LogP contribution is 2.24. The van der Waals surface area contributed by atoms with Gasteiger partial charge in [-0.2, -0.15) is 5.26 Å². The van der Waals surface area contributed by atoms with Crippen molar-refractivity contribution in [2.75, 3.05) is 29.5 Å². The number of aromatic nitrogens is 1. The first-order valence-electron chi connectivity index (χ1n) is 6.34. The van der Waals surface area contributed by atoms with Crippen molar-refractivity contribution >= 4 is 26.6 Å². The van der Waals surface area contributed by atoms with E-state index in [1.54, 1.807) is 6.07 Å². The summed E-state index contributed by atoms with van der Waals surface area (Å²) in [5.74, 6) is 0.819. The molecule has 3 rings (SSSR count). The highest BCUT2D eigenvalue weighted by Gasteiger charge is 2.24. The maximum atomic E-state index is 11.5. The molecule has 1 aliphatic rings. The molecule has 2 heterocycles. The van der Waals surface area contributed by atoms with Crippen molar-refractivity contribution in [3.63, 3.8) is 0 Å². The monoisotopic (exact) mass is 287 g/mol. The van der Waals surface area contributed by atoms with Crippen molar-refractivity contribution < 1.29 is 8.42 Å². The zero-order valence-corrected chi connectivity index (χ0v) is 11.6. The van der Waals surface area contributed by atoms with Crippen LogP contribution >= 0.6 is 0 Å². The minimum absolute atomic E-state index is 0.117. The number of anilines is 1. The van der Waals surface area contributed by atoms with Crippen molar-refractivity contribution in [2.45, 2.75) is 0 Å². The lowest BCUT2D eigenvalue weighted by molar-refractivity contribution is 0.586. The number of hydrogen-bond acceptors (Lipinski definition) is 5. The molecule has 0 atom stereocenters. The summed E-state index contributed by atoms with van der Waals surface area (Å²) < 4.78 is 23.0. The Morgan fingerprint density at radius 3 is 2.60 bits per heavy atom. The van der Waals surface area contributed by atoms with Crippen LogP contribution in [0.4, 0.5) is 5.82 Å². The zero-order valence-electron chi connectivity index (χ0n) is 10.8. The van der Waals surface area contributed by atoms with Crippen LogP contribution in [0.3, 0.4) is 0 Å². The molecular weight excluding hydrogens is 274 g/mol. The molecule has 0 aliphatic carbocycles. The Morgan fingerprint density at radius 2 is 1.90 bits per heavy atom. The molecule has 20 heavy (non-hydrogen) atoms. The minimum atomic E-state index is -2.94. The van der Waals surface area contributed by atoms with Crippen molar-refractivity contribution in [3.8, 4) is 6.07 Å². The van der Waals surface area contributed by atoms with Gasteiger partial charge in [0.1, 0.15) is 11.9 Å². The first-order chi connectivity index (χ1) is 9.59. The van der Waals surface area contributed by atoms with Crippen LogP contribution in [0.15, 0.2) is 30.3 Å². The SMILES string of the molecule is N#Cc1cc2ccccc2nc1N1CCS(=O)(=O)CC1. The van der Waals surface area contributed by atoms with Gasteiger partial charge in [0.2, 0.25) is 0 Å². The molecular formula is C14H13N3O2S. The summed E-state index contributed by atoms with van der Waals surface area (Å²) in [6, 6.07) is 11.6. The van der Waals surface area contributed by atoms with E-state index in [1.807, 2.05) is 29.2 Å². The molecule has 1 aromatic heterocycles. The van der Waals surface area contributed by atoms with Crippen LogP contribution in [0, 0.1) is 11.3 Å². The zero-order chi connectivity index (χ0) is 14.2. The lowest BCUT2D eigenvalue weighted by Gasteiger charge is -2.28. The molecule has 1 saturated heterocycles. The molecule has 102 valence electrons. The lowest BCUT2D eigenvalue weighted by Crippen LogP contribution is -2.41. The topological polar surface area (TPSA) is 74.1 Å². The standard InChI is InChI=1S/C14H13N3O2S/c15-10-12-9-11-3-1-2-4-13(11)16-14(12)17-5-7-20(18,19)8-6-17/h1-4,9H,5-8H2. The van der Waals surface area contributed by atoms with Gasteiger partial charge in [-0.25, -0.2) is 13.4 Å². The summed E-state index contributed by atoms with van der Waals surface area (Å²) in [7, 11) is -2.94. The number of benzene rings is 1. The summed E-state index contributed by atoms with van der Waals surface area (Å²) in [5, 5.41) is 10.2. The van der Waals surface area contributed by atoms with Gasteiger partial charge in [0.25, 0.3) is 0 Å². The third-order valence-corrected chi connectivity index (χ3v) is 5.08. The summed E-state index contributed by atoms with van der Waals surface area (Å²) in [6.45, 7) is 0.782. The van der Waals surface area contributed by atoms with Gasteiger partial charge >= 0.3 is 0 Å². The van der Waals surface area contributed by atoms with E-state index in [4.69, 9.17) is 0 Å². The summed E-state index contributed by atoms with van der Waals surface area (Å²) >= 11 is 0. The molecule has 0 saturated carbocycles. The number of nitrogens with zero attached hydrogens (tertiary/aromatic N) is 3. The molecule has 0 radical (unpaired) electrons. The van der Waals surface area contributed by atoms with E-state index in [-0.39, 0.29) is 11.5 Å². The Kier molecular flexibility index (Phi) is 3.07. The minimum Gasteiger partial charge on any atom is -0.353 e. The molecule has 5 nitrogen and oxygen atoms in total. The number of pyridine rings is 1. The summed E-state index contributed by atoms with van der Waals surface area (Å²) in [4.78, 5) is 6.41. The second-order valence-corrected chi connectivity index (χ2v) is 7.11. The average Bonchev–Trinajstić information content (AvgIpc) is 2.46. The molecule has 0 unspecified atom stereocenters. The Morgan fingerprint density at radius 1 is 1.20 bits per heavy atom. The first kappa shape index (κ1) is 12.9. The number of nitriles is 1. The molecule has 1 aromatic carbocycles. The third-order valence-electron chi connectivity index (χ3n) is 3.47. The van der Waals surface area contributed by atoms with Crippen molar-refractivity contribution in [2.24, 2.45) is 0 Å². The Bertz CT molecular complexity index is 795. The van der Waals surface area contributed by atoms with E-state index >= 15 is 0 Å². The number of rotatable bonds is 1. The number of sulfone groups is 1. The van der Waals surface area contributed by atoms with Gasteiger partial charge in [0.05, 0.1) is 22.6 Å². The van der Waals surface area contributed by atoms with Gasteiger partial charge in [-0.3, -0.25) is 0 Å². The van der Waals surface area contributed by atoms with Gasteiger partial charge < -0.3 is 4.90 Å². The van der Waals surface area contributed by atoms with E-state index < -0.39 is 9.84 Å². The van der Waals surface area contributed by atoms with E-state index in [2.05, 4.69) is 11.1 Å². The fraction of sp³-hybridized carbons (Fsp3) is 0.286. The van der Waals surface area contributed by atoms with E-state index in [0.29, 0.717) is 24.5 Å². The molecule has 0 N–H and O–H groups in total. The Balaban J connectivity index is 2.05. The van der Waals surface area contributed by atoms with Gasteiger partial charge in [-0.1, -0.05) is 18.2 Å². The smallest absolute Gasteiger partial charge is 0.153 e.